The molecule has 0 saturated carbocycles. The number of ether oxygens (including phenoxy) is 2. The van der Waals surface area contributed by atoms with E-state index in [9.17, 15) is 0 Å². The number of thiophene rings is 1. The molecule has 0 atom stereocenters. The maximum Gasteiger partial charge on any atom is 0.161 e. The maximum absolute atomic E-state index is 5.93. The fraction of sp³-hybridized carbons (Fsp3) is 0.176. The Labute approximate surface area is 127 Å². The highest BCUT2D eigenvalue weighted by Gasteiger charge is 2.14. The molecule has 0 fully saturated rings. The SMILES string of the molecule is COc1cc(CN)c(-c2cccc3ccsc23)cc1OC. The molecular formula is C17H17NO2S. The van der Waals surface area contributed by atoms with Gasteiger partial charge in [0, 0.05) is 11.2 Å². The summed E-state index contributed by atoms with van der Waals surface area (Å²) in [7, 11) is 3.29. The third-order valence-electron chi connectivity index (χ3n) is 3.60. The molecule has 0 aliphatic carbocycles. The molecule has 1 aromatic heterocycles. The highest BCUT2D eigenvalue weighted by Crippen LogP contribution is 2.39. The van der Waals surface area contributed by atoms with Crippen molar-refractivity contribution in [3.8, 4) is 22.6 Å². The van der Waals surface area contributed by atoms with Crippen molar-refractivity contribution in [1.29, 1.82) is 0 Å². The van der Waals surface area contributed by atoms with Gasteiger partial charge in [-0.15, -0.1) is 11.3 Å². The first-order valence-corrected chi connectivity index (χ1v) is 7.58. The van der Waals surface area contributed by atoms with Crippen LogP contribution in [0.15, 0.2) is 41.8 Å². The number of hydrogen-bond donors (Lipinski definition) is 1. The van der Waals surface area contributed by atoms with Crippen LogP contribution in [0.3, 0.4) is 0 Å². The Morgan fingerprint density at radius 1 is 1.00 bits per heavy atom. The standard InChI is InChI=1S/C17H17NO2S/c1-19-15-8-12(10-18)14(9-16(15)20-2)13-5-3-4-11-6-7-21-17(11)13/h3-9H,10,18H2,1-2H3. The molecular weight excluding hydrogens is 282 g/mol. The summed E-state index contributed by atoms with van der Waals surface area (Å²) >= 11 is 1.74. The molecule has 2 aromatic carbocycles. The van der Waals surface area contributed by atoms with E-state index in [-0.39, 0.29) is 0 Å². The normalized spacial score (nSPS) is 10.8. The summed E-state index contributed by atoms with van der Waals surface area (Å²) in [5, 5.41) is 3.35. The quantitative estimate of drug-likeness (QED) is 0.790. The lowest BCUT2D eigenvalue weighted by molar-refractivity contribution is 0.354. The second-order valence-corrected chi connectivity index (χ2v) is 5.63. The minimum Gasteiger partial charge on any atom is -0.493 e. The predicted octanol–water partition coefficient (Wildman–Crippen LogP) is 4.04. The van der Waals surface area contributed by atoms with Gasteiger partial charge in [0.05, 0.1) is 14.2 Å². The van der Waals surface area contributed by atoms with Crippen molar-refractivity contribution in [1.82, 2.24) is 0 Å². The molecule has 0 saturated heterocycles. The van der Waals surface area contributed by atoms with E-state index in [1.165, 1.54) is 15.6 Å². The molecule has 0 bridgehead atoms. The van der Waals surface area contributed by atoms with Crippen LogP contribution >= 0.6 is 11.3 Å². The lowest BCUT2D eigenvalue weighted by Gasteiger charge is -2.15. The molecule has 0 amide bonds. The first-order chi connectivity index (χ1) is 10.3. The molecule has 0 radical (unpaired) electrons. The number of hydrogen-bond acceptors (Lipinski definition) is 4. The largest absolute Gasteiger partial charge is 0.493 e. The summed E-state index contributed by atoms with van der Waals surface area (Å²) in [5.74, 6) is 1.43. The van der Waals surface area contributed by atoms with E-state index >= 15 is 0 Å². The minimum absolute atomic E-state index is 0.456. The second kappa shape index (κ2) is 5.76. The van der Waals surface area contributed by atoms with Crippen LogP contribution in [0.25, 0.3) is 21.2 Å². The number of methoxy groups -OCH3 is 2. The Kier molecular flexibility index (Phi) is 3.82. The predicted molar refractivity (Wildman–Crippen MR) is 88.3 cm³/mol. The third-order valence-corrected chi connectivity index (χ3v) is 4.56. The van der Waals surface area contributed by atoms with Crippen LogP contribution in [0.5, 0.6) is 11.5 Å². The van der Waals surface area contributed by atoms with Crippen LogP contribution in [0.2, 0.25) is 0 Å². The third kappa shape index (κ3) is 2.37. The average Bonchev–Trinajstić information content (AvgIpc) is 3.02. The summed E-state index contributed by atoms with van der Waals surface area (Å²) in [6, 6.07) is 12.4. The van der Waals surface area contributed by atoms with Crippen molar-refractivity contribution in [3.05, 3.63) is 47.3 Å². The van der Waals surface area contributed by atoms with Crippen LogP contribution in [0.1, 0.15) is 5.56 Å². The topological polar surface area (TPSA) is 44.5 Å². The van der Waals surface area contributed by atoms with Gasteiger partial charge in [-0.2, -0.15) is 0 Å². The highest BCUT2D eigenvalue weighted by molar-refractivity contribution is 7.17. The fourth-order valence-corrected chi connectivity index (χ4v) is 3.47. The lowest BCUT2D eigenvalue weighted by Crippen LogP contribution is -2.01. The van der Waals surface area contributed by atoms with Gasteiger partial charge in [0.2, 0.25) is 0 Å². The molecule has 108 valence electrons. The van der Waals surface area contributed by atoms with Crippen LogP contribution in [-0.2, 0) is 6.54 Å². The Morgan fingerprint density at radius 3 is 2.48 bits per heavy atom. The Balaban J connectivity index is 2.28. The number of benzene rings is 2. The van der Waals surface area contributed by atoms with E-state index in [0.29, 0.717) is 12.3 Å². The molecule has 3 aromatic rings. The van der Waals surface area contributed by atoms with E-state index in [2.05, 4.69) is 29.6 Å². The molecule has 21 heavy (non-hydrogen) atoms. The molecule has 1 heterocycles. The van der Waals surface area contributed by atoms with E-state index in [1.54, 1.807) is 25.6 Å². The first kappa shape index (κ1) is 13.9. The van der Waals surface area contributed by atoms with E-state index < -0.39 is 0 Å². The molecule has 0 aliphatic rings. The van der Waals surface area contributed by atoms with E-state index in [0.717, 1.165) is 16.9 Å². The van der Waals surface area contributed by atoms with Crippen molar-refractivity contribution in [3.63, 3.8) is 0 Å². The maximum atomic E-state index is 5.93. The summed E-state index contributed by atoms with van der Waals surface area (Å²) in [6.07, 6.45) is 0. The highest BCUT2D eigenvalue weighted by atomic mass is 32.1. The molecule has 0 spiro atoms. The van der Waals surface area contributed by atoms with Gasteiger partial charge in [-0.3, -0.25) is 0 Å². The van der Waals surface area contributed by atoms with Crippen LogP contribution < -0.4 is 15.2 Å². The Morgan fingerprint density at radius 2 is 1.76 bits per heavy atom. The van der Waals surface area contributed by atoms with Crippen molar-refractivity contribution < 1.29 is 9.47 Å². The van der Waals surface area contributed by atoms with Gasteiger partial charge in [0.15, 0.2) is 11.5 Å². The smallest absolute Gasteiger partial charge is 0.161 e. The Bertz CT molecular complexity index is 780. The molecule has 2 N–H and O–H groups in total. The Hall–Kier alpha value is -2.04. The summed E-state index contributed by atoms with van der Waals surface area (Å²) in [4.78, 5) is 0. The van der Waals surface area contributed by atoms with Gasteiger partial charge in [-0.1, -0.05) is 18.2 Å². The molecule has 3 rings (SSSR count). The molecule has 3 nitrogen and oxygen atoms in total. The van der Waals surface area contributed by atoms with Crippen molar-refractivity contribution in [2.24, 2.45) is 5.73 Å². The zero-order valence-electron chi connectivity index (χ0n) is 12.1. The zero-order valence-corrected chi connectivity index (χ0v) is 12.9. The second-order valence-electron chi connectivity index (χ2n) is 4.71. The number of rotatable bonds is 4. The van der Waals surface area contributed by atoms with Crippen LogP contribution in [0, 0.1) is 0 Å². The van der Waals surface area contributed by atoms with E-state index in [4.69, 9.17) is 15.2 Å². The molecule has 0 aliphatic heterocycles. The molecule has 0 unspecified atom stereocenters. The zero-order chi connectivity index (χ0) is 14.8. The van der Waals surface area contributed by atoms with Crippen molar-refractivity contribution in [2.75, 3.05) is 14.2 Å². The first-order valence-electron chi connectivity index (χ1n) is 6.70. The van der Waals surface area contributed by atoms with Gasteiger partial charge in [-0.05, 0) is 45.7 Å². The van der Waals surface area contributed by atoms with E-state index in [1.807, 2.05) is 12.1 Å². The fourth-order valence-electron chi connectivity index (χ4n) is 2.55. The van der Waals surface area contributed by atoms with Crippen LogP contribution in [0.4, 0.5) is 0 Å². The summed E-state index contributed by atoms with van der Waals surface area (Å²) in [5.41, 5.74) is 9.26. The van der Waals surface area contributed by atoms with Crippen molar-refractivity contribution >= 4 is 21.4 Å². The lowest BCUT2D eigenvalue weighted by atomic mass is 9.98. The summed E-state index contributed by atoms with van der Waals surface area (Å²) < 4.78 is 12.1. The van der Waals surface area contributed by atoms with Crippen molar-refractivity contribution in [2.45, 2.75) is 6.54 Å². The number of nitrogens with two attached hydrogens (primary N) is 1. The minimum atomic E-state index is 0.456. The summed E-state index contributed by atoms with van der Waals surface area (Å²) in [6.45, 7) is 0.456. The monoisotopic (exact) mass is 299 g/mol. The molecule has 4 heteroatoms. The number of fused-ring (bicyclic) bond motifs is 1. The van der Waals surface area contributed by atoms with Gasteiger partial charge in [0.1, 0.15) is 0 Å². The van der Waals surface area contributed by atoms with Gasteiger partial charge < -0.3 is 15.2 Å². The average molecular weight is 299 g/mol. The van der Waals surface area contributed by atoms with Crippen LogP contribution in [-0.4, -0.2) is 14.2 Å². The van der Waals surface area contributed by atoms with Gasteiger partial charge in [0.25, 0.3) is 0 Å². The van der Waals surface area contributed by atoms with Gasteiger partial charge >= 0.3 is 0 Å². The van der Waals surface area contributed by atoms with Gasteiger partial charge in [-0.25, -0.2) is 0 Å².